The average Bonchev–Trinajstić information content (AvgIpc) is 3.28. The van der Waals surface area contributed by atoms with Gasteiger partial charge >= 0.3 is 0 Å². The highest BCUT2D eigenvalue weighted by Crippen LogP contribution is 2.58. The maximum absolute atomic E-state index is 11.3. The van der Waals surface area contributed by atoms with E-state index < -0.39 is 0 Å². The first-order valence-electron chi connectivity index (χ1n) is 8.08. The molecule has 2 aliphatic heterocycles. The van der Waals surface area contributed by atoms with Crippen molar-refractivity contribution in [2.24, 2.45) is 5.92 Å². The fourth-order valence-corrected chi connectivity index (χ4v) is 4.03. The van der Waals surface area contributed by atoms with Crippen LogP contribution in [0.15, 0.2) is 11.6 Å². The second-order valence-corrected chi connectivity index (χ2v) is 7.39. The normalized spacial score (nSPS) is 44.3. The lowest BCUT2D eigenvalue weighted by Crippen LogP contribution is -2.48. The number of epoxide rings is 2. The number of hydrogen-bond donors (Lipinski definition) is 1. The van der Waals surface area contributed by atoms with Gasteiger partial charge in [-0.05, 0) is 46.5 Å². The predicted molar refractivity (Wildman–Crippen MR) is 81.0 cm³/mol. The first-order valence-corrected chi connectivity index (χ1v) is 8.08. The number of amides is 1. The van der Waals surface area contributed by atoms with Crippen molar-refractivity contribution in [3.8, 4) is 0 Å². The number of carbonyl (C=O) groups excluding carboxylic acids is 1. The van der Waals surface area contributed by atoms with E-state index in [1.807, 2.05) is 0 Å². The summed E-state index contributed by atoms with van der Waals surface area (Å²) in [5.74, 6) is 0.459. The predicted octanol–water partition coefficient (Wildman–Crippen LogP) is 2.57. The van der Waals surface area contributed by atoms with Crippen molar-refractivity contribution in [1.82, 2.24) is 5.32 Å². The largest absolute Gasteiger partial charge is 0.369 e. The molecule has 4 heteroatoms. The van der Waals surface area contributed by atoms with Crippen LogP contribution in [0.2, 0.25) is 0 Å². The fourth-order valence-electron chi connectivity index (χ4n) is 4.03. The van der Waals surface area contributed by atoms with Gasteiger partial charge in [0.1, 0.15) is 0 Å². The third-order valence-corrected chi connectivity index (χ3v) is 5.40. The number of ether oxygens (including phenoxy) is 2. The van der Waals surface area contributed by atoms with Crippen LogP contribution in [0.5, 0.6) is 0 Å². The zero-order valence-electron chi connectivity index (χ0n) is 13.6. The van der Waals surface area contributed by atoms with Crippen molar-refractivity contribution >= 4 is 5.91 Å². The van der Waals surface area contributed by atoms with E-state index in [0.29, 0.717) is 12.0 Å². The monoisotopic (exact) mass is 293 g/mol. The molecule has 21 heavy (non-hydrogen) atoms. The highest BCUT2D eigenvalue weighted by molar-refractivity contribution is 5.73. The lowest BCUT2D eigenvalue weighted by atomic mass is 9.69. The van der Waals surface area contributed by atoms with Gasteiger partial charge in [-0.3, -0.25) is 4.79 Å². The molecule has 1 saturated carbocycles. The van der Waals surface area contributed by atoms with Crippen LogP contribution in [-0.2, 0) is 14.3 Å². The van der Waals surface area contributed by atoms with Crippen molar-refractivity contribution in [2.75, 3.05) is 6.61 Å². The van der Waals surface area contributed by atoms with Crippen molar-refractivity contribution in [1.29, 1.82) is 0 Å². The number of hydrogen-bond acceptors (Lipinski definition) is 3. The Hall–Kier alpha value is -0.870. The van der Waals surface area contributed by atoms with E-state index in [0.717, 1.165) is 32.3 Å². The van der Waals surface area contributed by atoms with E-state index in [4.69, 9.17) is 9.47 Å². The van der Waals surface area contributed by atoms with Gasteiger partial charge in [-0.2, -0.15) is 0 Å². The smallest absolute Gasteiger partial charge is 0.217 e. The maximum atomic E-state index is 11.3. The molecule has 0 bridgehead atoms. The zero-order chi connectivity index (χ0) is 15.3. The van der Waals surface area contributed by atoms with Gasteiger partial charge in [-0.1, -0.05) is 11.6 Å². The Morgan fingerprint density at radius 2 is 2.10 bits per heavy atom. The van der Waals surface area contributed by atoms with Gasteiger partial charge in [0.05, 0.1) is 23.9 Å². The van der Waals surface area contributed by atoms with E-state index in [1.54, 1.807) is 6.92 Å². The summed E-state index contributed by atoms with van der Waals surface area (Å²) in [5, 5.41) is 3.08. The minimum Gasteiger partial charge on any atom is -0.369 e. The Morgan fingerprint density at radius 3 is 2.67 bits per heavy atom. The molecule has 1 aliphatic carbocycles. The maximum Gasteiger partial charge on any atom is 0.217 e. The molecule has 2 heterocycles. The van der Waals surface area contributed by atoms with Crippen molar-refractivity contribution in [3.05, 3.63) is 11.6 Å². The Balaban J connectivity index is 1.67. The minimum absolute atomic E-state index is 0.0312. The quantitative estimate of drug-likeness (QED) is 0.640. The number of carbonyl (C=O) groups is 1. The molecule has 3 aliphatic rings. The molecular weight excluding hydrogens is 266 g/mol. The van der Waals surface area contributed by atoms with Crippen LogP contribution in [0.4, 0.5) is 0 Å². The summed E-state index contributed by atoms with van der Waals surface area (Å²) in [6.45, 7) is 8.93. The van der Waals surface area contributed by atoms with Gasteiger partial charge in [-0.25, -0.2) is 0 Å². The summed E-state index contributed by atoms with van der Waals surface area (Å²) >= 11 is 0. The van der Waals surface area contributed by atoms with Gasteiger partial charge in [-0.15, -0.1) is 0 Å². The number of nitrogens with one attached hydrogen (secondary N) is 1. The van der Waals surface area contributed by atoms with Gasteiger partial charge in [0.2, 0.25) is 5.91 Å². The highest BCUT2D eigenvalue weighted by Gasteiger charge is 2.68. The van der Waals surface area contributed by atoms with Gasteiger partial charge in [0.25, 0.3) is 0 Å². The lowest BCUT2D eigenvalue weighted by molar-refractivity contribution is -0.120. The summed E-state index contributed by atoms with van der Waals surface area (Å²) in [7, 11) is 0. The van der Waals surface area contributed by atoms with Crippen LogP contribution in [0.1, 0.15) is 53.4 Å². The summed E-state index contributed by atoms with van der Waals surface area (Å²) in [4.78, 5) is 11.3. The zero-order valence-corrected chi connectivity index (χ0v) is 13.6. The van der Waals surface area contributed by atoms with Crippen LogP contribution in [0.3, 0.4) is 0 Å². The number of rotatable bonds is 4. The molecule has 1 unspecified atom stereocenters. The first-order chi connectivity index (χ1) is 9.86. The standard InChI is InChI=1S/C17H27NO3/c1-11(2)5-6-15-16(4,21-15)14-9-13(18-12(3)19)7-8-17(14)10-20-17/h5,13-15H,6-10H2,1-4H3,(H,18,19)/t13?,14-,15-,16-,17+/m1/s1. The van der Waals surface area contributed by atoms with Gasteiger partial charge < -0.3 is 14.8 Å². The summed E-state index contributed by atoms with van der Waals surface area (Å²) in [6, 6.07) is 0.271. The molecule has 4 nitrogen and oxygen atoms in total. The Labute approximate surface area is 127 Å². The Kier molecular flexibility index (Phi) is 3.65. The Bertz CT molecular complexity index is 465. The molecule has 2 saturated heterocycles. The van der Waals surface area contributed by atoms with Gasteiger partial charge in [0, 0.05) is 18.9 Å². The van der Waals surface area contributed by atoms with Crippen LogP contribution in [-0.4, -0.2) is 35.9 Å². The Morgan fingerprint density at radius 1 is 1.38 bits per heavy atom. The molecule has 3 rings (SSSR count). The van der Waals surface area contributed by atoms with Crippen molar-refractivity contribution < 1.29 is 14.3 Å². The highest BCUT2D eigenvalue weighted by atomic mass is 16.6. The third kappa shape index (κ3) is 2.88. The molecule has 0 aromatic carbocycles. The molecule has 1 amide bonds. The molecule has 0 aromatic heterocycles. The molecular formula is C17H27NO3. The lowest BCUT2D eigenvalue weighted by Gasteiger charge is -2.37. The SMILES string of the molecule is CC(=O)NC1CC[C@]2(CO2)[C@@H]([C@@]2(C)O[C@@H]2CC=C(C)C)C1. The average molecular weight is 293 g/mol. The summed E-state index contributed by atoms with van der Waals surface area (Å²) in [6.07, 6.45) is 6.57. The van der Waals surface area contributed by atoms with Crippen molar-refractivity contribution in [2.45, 2.75) is 76.7 Å². The van der Waals surface area contributed by atoms with E-state index in [1.165, 1.54) is 5.57 Å². The van der Waals surface area contributed by atoms with Crippen LogP contribution in [0, 0.1) is 5.92 Å². The van der Waals surface area contributed by atoms with Crippen LogP contribution >= 0.6 is 0 Å². The summed E-state index contributed by atoms with van der Waals surface area (Å²) in [5.41, 5.74) is 1.29. The second-order valence-electron chi connectivity index (χ2n) is 7.39. The van der Waals surface area contributed by atoms with Crippen molar-refractivity contribution in [3.63, 3.8) is 0 Å². The van der Waals surface area contributed by atoms with E-state index in [2.05, 4.69) is 32.2 Å². The fraction of sp³-hybridized carbons (Fsp3) is 0.824. The molecule has 1 N–H and O–H groups in total. The van der Waals surface area contributed by atoms with Crippen LogP contribution in [0.25, 0.3) is 0 Å². The van der Waals surface area contributed by atoms with Crippen LogP contribution < -0.4 is 5.32 Å². The molecule has 1 spiro atoms. The molecule has 5 atom stereocenters. The van der Waals surface area contributed by atoms with Gasteiger partial charge in [0.15, 0.2) is 0 Å². The molecule has 0 aromatic rings. The number of allylic oxidation sites excluding steroid dienone is 1. The molecule has 3 fully saturated rings. The van der Waals surface area contributed by atoms with E-state index >= 15 is 0 Å². The van der Waals surface area contributed by atoms with E-state index in [9.17, 15) is 4.79 Å². The second kappa shape index (κ2) is 5.10. The van der Waals surface area contributed by atoms with E-state index in [-0.39, 0.29) is 23.2 Å². The molecule has 0 radical (unpaired) electrons. The third-order valence-electron chi connectivity index (χ3n) is 5.40. The summed E-state index contributed by atoms with van der Waals surface area (Å²) < 4.78 is 11.9. The minimum atomic E-state index is -0.0837. The first kappa shape index (κ1) is 15.0. The topological polar surface area (TPSA) is 54.2 Å². The molecule has 118 valence electrons.